The van der Waals surface area contributed by atoms with E-state index in [0.29, 0.717) is 5.69 Å². The number of aryl methyl sites for hydroxylation is 1. The van der Waals surface area contributed by atoms with Crippen molar-refractivity contribution in [2.24, 2.45) is 7.05 Å². The molecular weight excluding hydrogens is 280 g/mol. The maximum Gasteiger partial charge on any atom is 0.287 e. The molecule has 0 radical (unpaired) electrons. The summed E-state index contributed by atoms with van der Waals surface area (Å²) in [5.74, 6) is 0.0141. The van der Waals surface area contributed by atoms with Gasteiger partial charge in [0.25, 0.3) is 5.56 Å². The summed E-state index contributed by atoms with van der Waals surface area (Å²) in [6, 6.07) is 0.509. The third-order valence-electron chi connectivity index (χ3n) is 3.57. The maximum absolute atomic E-state index is 11.7. The highest BCUT2D eigenvalue weighted by Crippen LogP contribution is 2.24. The number of rotatable bonds is 3. The standard InChI is InChI=1S/C13H19ClN4O2/c1-8(19)16-9-3-5-10(6-4-9)17-11-7-15-18(2)13(20)12(11)14/h7,9-10,17H,3-6H2,1-2H3,(H,16,19). The Kier molecular flexibility index (Phi) is 4.65. The van der Waals surface area contributed by atoms with E-state index in [9.17, 15) is 9.59 Å². The van der Waals surface area contributed by atoms with E-state index in [4.69, 9.17) is 11.6 Å². The van der Waals surface area contributed by atoms with E-state index in [1.165, 1.54) is 11.6 Å². The van der Waals surface area contributed by atoms with Gasteiger partial charge in [-0.3, -0.25) is 9.59 Å². The van der Waals surface area contributed by atoms with Gasteiger partial charge < -0.3 is 10.6 Å². The predicted molar refractivity (Wildman–Crippen MR) is 78.0 cm³/mol. The van der Waals surface area contributed by atoms with Crippen molar-refractivity contribution in [3.63, 3.8) is 0 Å². The van der Waals surface area contributed by atoms with Crippen molar-refractivity contribution < 1.29 is 4.79 Å². The molecule has 1 aliphatic carbocycles. The molecule has 0 aliphatic heterocycles. The smallest absolute Gasteiger partial charge is 0.287 e. The van der Waals surface area contributed by atoms with Crippen LogP contribution in [-0.2, 0) is 11.8 Å². The van der Waals surface area contributed by atoms with Crippen LogP contribution < -0.4 is 16.2 Å². The van der Waals surface area contributed by atoms with E-state index in [0.717, 1.165) is 25.7 Å². The molecule has 0 saturated heterocycles. The van der Waals surface area contributed by atoms with Crippen molar-refractivity contribution in [3.05, 3.63) is 21.6 Å². The number of carbonyl (C=O) groups is 1. The highest BCUT2D eigenvalue weighted by molar-refractivity contribution is 6.32. The molecule has 1 saturated carbocycles. The highest BCUT2D eigenvalue weighted by atomic mass is 35.5. The molecule has 0 spiro atoms. The third-order valence-corrected chi connectivity index (χ3v) is 3.94. The Hall–Kier alpha value is -1.56. The molecule has 1 aromatic heterocycles. The zero-order valence-electron chi connectivity index (χ0n) is 11.6. The number of halogens is 1. The first kappa shape index (κ1) is 14.8. The Morgan fingerprint density at radius 2 is 1.95 bits per heavy atom. The van der Waals surface area contributed by atoms with Gasteiger partial charge in [-0.25, -0.2) is 4.68 Å². The first-order valence-electron chi connectivity index (χ1n) is 6.73. The Morgan fingerprint density at radius 1 is 1.35 bits per heavy atom. The molecule has 0 unspecified atom stereocenters. The van der Waals surface area contributed by atoms with Gasteiger partial charge in [0.05, 0.1) is 11.9 Å². The van der Waals surface area contributed by atoms with Crippen LogP contribution >= 0.6 is 11.6 Å². The number of amides is 1. The van der Waals surface area contributed by atoms with Crippen molar-refractivity contribution in [3.8, 4) is 0 Å². The molecule has 20 heavy (non-hydrogen) atoms. The number of hydrogen-bond donors (Lipinski definition) is 2. The summed E-state index contributed by atoms with van der Waals surface area (Å²) in [4.78, 5) is 22.7. The molecule has 1 fully saturated rings. The normalized spacial score (nSPS) is 22.4. The van der Waals surface area contributed by atoms with Gasteiger partial charge >= 0.3 is 0 Å². The summed E-state index contributed by atoms with van der Waals surface area (Å²) in [6.07, 6.45) is 5.27. The van der Waals surface area contributed by atoms with Gasteiger partial charge in [0.15, 0.2) is 0 Å². The van der Waals surface area contributed by atoms with Crippen molar-refractivity contribution in [2.45, 2.75) is 44.7 Å². The average Bonchev–Trinajstić information content (AvgIpc) is 2.41. The molecule has 1 amide bonds. The van der Waals surface area contributed by atoms with Crippen LogP contribution in [0.15, 0.2) is 11.0 Å². The molecule has 7 heteroatoms. The molecule has 6 nitrogen and oxygen atoms in total. The number of nitrogens with one attached hydrogen (secondary N) is 2. The zero-order chi connectivity index (χ0) is 14.7. The molecule has 1 aliphatic rings. The fourth-order valence-corrected chi connectivity index (χ4v) is 2.73. The monoisotopic (exact) mass is 298 g/mol. The van der Waals surface area contributed by atoms with Crippen molar-refractivity contribution in [2.75, 3.05) is 5.32 Å². The molecule has 1 heterocycles. The summed E-state index contributed by atoms with van der Waals surface area (Å²) in [6.45, 7) is 1.54. The fourth-order valence-electron chi connectivity index (χ4n) is 2.50. The SMILES string of the molecule is CC(=O)NC1CCC(Nc2cnn(C)c(=O)c2Cl)CC1. The lowest BCUT2D eigenvalue weighted by molar-refractivity contribution is -0.119. The summed E-state index contributed by atoms with van der Waals surface area (Å²) in [7, 11) is 1.57. The number of carbonyl (C=O) groups excluding carboxylic acids is 1. The molecule has 110 valence electrons. The zero-order valence-corrected chi connectivity index (χ0v) is 12.4. The predicted octanol–water partition coefficient (Wildman–Crippen LogP) is 1.29. The van der Waals surface area contributed by atoms with E-state index in [1.807, 2.05) is 0 Å². The van der Waals surface area contributed by atoms with Gasteiger partial charge in [-0.15, -0.1) is 0 Å². The Morgan fingerprint density at radius 3 is 2.55 bits per heavy atom. The van der Waals surface area contributed by atoms with Crippen LogP contribution in [0.3, 0.4) is 0 Å². The molecule has 0 atom stereocenters. The van der Waals surface area contributed by atoms with Crippen LogP contribution in [-0.4, -0.2) is 27.8 Å². The highest BCUT2D eigenvalue weighted by Gasteiger charge is 2.22. The summed E-state index contributed by atoms with van der Waals surface area (Å²) in [5, 5.41) is 10.3. The summed E-state index contributed by atoms with van der Waals surface area (Å²) >= 11 is 6.02. The van der Waals surface area contributed by atoms with Crippen LogP contribution in [0, 0.1) is 0 Å². The lowest BCUT2D eigenvalue weighted by Gasteiger charge is -2.30. The molecule has 0 bridgehead atoms. The molecule has 2 N–H and O–H groups in total. The number of anilines is 1. The molecular formula is C13H19ClN4O2. The largest absolute Gasteiger partial charge is 0.380 e. The summed E-state index contributed by atoms with van der Waals surface area (Å²) < 4.78 is 1.21. The maximum atomic E-state index is 11.7. The topological polar surface area (TPSA) is 76.0 Å². The van der Waals surface area contributed by atoms with E-state index >= 15 is 0 Å². The van der Waals surface area contributed by atoms with Gasteiger partial charge in [0.2, 0.25) is 5.91 Å². The van der Waals surface area contributed by atoms with Gasteiger partial charge in [-0.1, -0.05) is 11.6 Å². The molecule has 0 aromatic carbocycles. The minimum Gasteiger partial charge on any atom is -0.380 e. The second-order valence-corrected chi connectivity index (χ2v) is 5.57. The second-order valence-electron chi connectivity index (χ2n) is 5.19. The van der Waals surface area contributed by atoms with Crippen LogP contribution in [0.5, 0.6) is 0 Å². The van der Waals surface area contributed by atoms with E-state index in [1.54, 1.807) is 13.2 Å². The Labute approximate surface area is 122 Å². The number of nitrogens with zero attached hydrogens (tertiary/aromatic N) is 2. The van der Waals surface area contributed by atoms with Gasteiger partial charge in [-0.05, 0) is 25.7 Å². The minimum absolute atomic E-state index is 0.0141. The van der Waals surface area contributed by atoms with Gasteiger partial charge in [-0.2, -0.15) is 5.10 Å². The molecule has 2 rings (SSSR count). The van der Waals surface area contributed by atoms with Crippen LogP contribution in [0.4, 0.5) is 5.69 Å². The lowest BCUT2D eigenvalue weighted by atomic mass is 9.91. The van der Waals surface area contributed by atoms with Crippen LogP contribution in [0.1, 0.15) is 32.6 Å². The van der Waals surface area contributed by atoms with Gasteiger partial charge in [0.1, 0.15) is 5.02 Å². The minimum atomic E-state index is -0.302. The number of aromatic nitrogens is 2. The van der Waals surface area contributed by atoms with Crippen molar-refractivity contribution in [1.29, 1.82) is 0 Å². The van der Waals surface area contributed by atoms with E-state index in [-0.39, 0.29) is 28.6 Å². The molecule has 1 aromatic rings. The third kappa shape index (κ3) is 3.50. The summed E-state index contributed by atoms with van der Waals surface area (Å²) in [5.41, 5.74) is 0.279. The Balaban J connectivity index is 1.95. The fraction of sp³-hybridized carbons (Fsp3) is 0.615. The van der Waals surface area contributed by atoms with E-state index < -0.39 is 0 Å². The van der Waals surface area contributed by atoms with E-state index in [2.05, 4.69) is 15.7 Å². The van der Waals surface area contributed by atoms with Gasteiger partial charge in [0, 0.05) is 26.1 Å². The van der Waals surface area contributed by atoms with Crippen LogP contribution in [0.2, 0.25) is 5.02 Å². The number of hydrogen-bond acceptors (Lipinski definition) is 4. The second kappa shape index (κ2) is 6.26. The van der Waals surface area contributed by atoms with Crippen molar-refractivity contribution in [1.82, 2.24) is 15.1 Å². The first-order chi connectivity index (χ1) is 9.47. The quantitative estimate of drug-likeness (QED) is 0.882. The van der Waals surface area contributed by atoms with Crippen LogP contribution in [0.25, 0.3) is 0 Å². The Bertz CT molecular complexity index is 550. The first-order valence-corrected chi connectivity index (χ1v) is 7.10. The lowest BCUT2D eigenvalue weighted by Crippen LogP contribution is -2.39. The average molecular weight is 299 g/mol. The van der Waals surface area contributed by atoms with Crippen molar-refractivity contribution >= 4 is 23.2 Å².